The topological polar surface area (TPSA) is 81.4 Å². The molecule has 128 valence electrons. The van der Waals surface area contributed by atoms with E-state index in [2.05, 4.69) is 9.97 Å². The van der Waals surface area contributed by atoms with Crippen LogP contribution in [-0.2, 0) is 5.88 Å². The van der Waals surface area contributed by atoms with E-state index in [0.717, 1.165) is 11.4 Å². The van der Waals surface area contributed by atoms with Gasteiger partial charge >= 0.3 is 0 Å². The summed E-state index contributed by atoms with van der Waals surface area (Å²) in [5.41, 5.74) is 1.44. The Bertz CT molecular complexity index is 931. The Hall–Kier alpha value is -2.93. The Morgan fingerprint density at radius 2 is 1.92 bits per heavy atom. The molecule has 0 amide bonds. The normalized spacial score (nSPS) is 10.7. The number of non-ortho nitro benzene ring substituents is 1. The van der Waals surface area contributed by atoms with Crippen molar-refractivity contribution in [1.29, 1.82) is 0 Å². The zero-order chi connectivity index (χ0) is 18.0. The van der Waals surface area contributed by atoms with Gasteiger partial charge in [0, 0.05) is 24.9 Å². The van der Waals surface area contributed by atoms with Gasteiger partial charge in [-0.15, -0.1) is 11.6 Å². The van der Waals surface area contributed by atoms with Crippen LogP contribution in [0.3, 0.4) is 0 Å². The second-order valence-electron chi connectivity index (χ2n) is 5.31. The number of fused-ring (bicyclic) bond motifs is 1. The minimum Gasteiger partial charge on any atom is -0.497 e. The van der Waals surface area contributed by atoms with E-state index in [4.69, 9.17) is 16.3 Å². The average molecular weight is 359 g/mol. The van der Waals surface area contributed by atoms with Crippen molar-refractivity contribution in [2.75, 3.05) is 19.1 Å². The molecule has 0 fully saturated rings. The number of alkyl halides is 1. The summed E-state index contributed by atoms with van der Waals surface area (Å²) < 4.78 is 5.17. The number of halogens is 1. The third-order valence-electron chi connectivity index (χ3n) is 3.81. The van der Waals surface area contributed by atoms with E-state index in [1.54, 1.807) is 13.2 Å². The van der Waals surface area contributed by atoms with E-state index in [9.17, 15) is 10.1 Å². The van der Waals surface area contributed by atoms with Crippen molar-refractivity contribution < 1.29 is 9.66 Å². The molecule has 0 aliphatic carbocycles. The number of nitro groups is 1. The summed E-state index contributed by atoms with van der Waals surface area (Å²) in [7, 11) is 3.43. The highest BCUT2D eigenvalue weighted by molar-refractivity contribution is 6.16. The van der Waals surface area contributed by atoms with Gasteiger partial charge in [-0.2, -0.15) is 0 Å². The fourth-order valence-electron chi connectivity index (χ4n) is 2.50. The van der Waals surface area contributed by atoms with E-state index in [1.165, 1.54) is 12.1 Å². The van der Waals surface area contributed by atoms with Crippen molar-refractivity contribution in [3.8, 4) is 5.75 Å². The van der Waals surface area contributed by atoms with Crippen LogP contribution in [0.5, 0.6) is 5.75 Å². The molecule has 0 saturated carbocycles. The Morgan fingerprint density at radius 3 is 2.52 bits per heavy atom. The largest absolute Gasteiger partial charge is 0.497 e. The van der Waals surface area contributed by atoms with Crippen molar-refractivity contribution >= 4 is 39.7 Å². The molecule has 0 aliphatic heterocycles. The lowest BCUT2D eigenvalue weighted by Gasteiger charge is -2.20. The van der Waals surface area contributed by atoms with Crippen LogP contribution in [0.1, 0.15) is 5.82 Å². The number of rotatable bonds is 5. The van der Waals surface area contributed by atoms with Crippen LogP contribution in [0.2, 0.25) is 0 Å². The highest BCUT2D eigenvalue weighted by Gasteiger charge is 2.16. The van der Waals surface area contributed by atoms with Crippen molar-refractivity contribution in [1.82, 2.24) is 9.97 Å². The maximum Gasteiger partial charge on any atom is 0.270 e. The molecular weight excluding hydrogens is 344 g/mol. The van der Waals surface area contributed by atoms with Crippen LogP contribution in [0.25, 0.3) is 10.9 Å². The number of anilines is 2. The van der Waals surface area contributed by atoms with Gasteiger partial charge in [-0.3, -0.25) is 10.1 Å². The first-order valence-corrected chi connectivity index (χ1v) is 7.95. The van der Waals surface area contributed by atoms with Crippen molar-refractivity contribution in [2.45, 2.75) is 5.88 Å². The summed E-state index contributed by atoms with van der Waals surface area (Å²) >= 11 is 5.90. The third kappa shape index (κ3) is 3.32. The first kappa shape index (κ1) is 16.9. The predicted molar refractivity (Wildman–Crippen MR) is 96.8 cm³/mol. The van der Waals surface area contributed by atoms with E-state index < -0.39 is 4.92 Å². The van der Waals surface area contributed by atoms with Gasteiger partial charge in [-0.05, 0) is 30.3 Å². The maximum absolute atomic E-state index is 11.1. The molecule has 3 rings (SSSR count). The van der Waals surface area contributed by atoms with Gasteiger partial charge in [0.05, 0.1) is 28.8 Å². The molecule has 1 heterocycles. The lowest BCUT2D eigenvalue weighted by Crippen LogP contribution is -2.13. The van der Waals surface area contributed by atoms with Gasteiger partial charge in [-0.1, -0.05) is 0 Å². The summed E-state index contributed by atoms with van der Waals surface area (Å²) in [5.74, 6) is 1.89. The van der Waals surface area contributed by atoms with Gasteiger partial charge < -0.3 is 9.64 Å². The van der Waals surface area contributed by atoms with Crippen molar-refractivity contribution in [3.63, 3.8) is 0 Å². The first-order chi connectivity index (χ1) is 12.0. The number of methoxy groups -OCH3 is 1. The van der Waals surface area contributed by atoms with E-state index >= 15 is 0 Å². The Balaban J connectivity index is 2.16. The van der Waals surface area contributed by atoms with Gasteiger partial charge in [0.15, 0.2) is 0 Å². The quantitative estimate of drug-likeness (QED) is 0.388. The summed E-state index contributed by atoms with van der Waals surface area (Å²) in [6, 6.07) is 11.9. The second-order valence-corrected chi connectivity index (χ2v) is 5.58. The van der Waals surface area contributed by atoms with Crippen molar-refractivity contribution in [3.05, 3.63) is 58.4 Å². The minimum atomic E-state index is -0.438. The van der Waals surface area contributed by atoms with Gasteiger partial charge in [0.2, 0.25) is 0 Å². The molecule has 0 aliphatic rings. The maximum atomic E-state index is 11.1. The zero-order valence-electron chi connectivity index (χ0n) is 13.6. The summed E-state index contributed by atoms with van der Waals surface area (Å²) in [6.45, 7) is 0. The van der Waals surface area contributed by atoms with E-state index in [0.29, 0.717) is 22.5 Å². The van der Waals surface area contributed by atoms with Gasteiger partial charge in [0.25, 0.3) is 5.69 Å². The number of nitro benzene ring substituents is 1. The molecule has 3 aromatic rings. The first-order valence-electron chi connectivity index (χ1n) is 7.42. The molecular formula is C17H15ClN4O3. The molecule has 25 heavy (non-hydrogen) atoms. The molecule has 8 heteroatoms. The number of benzene rings is 2. The smallest absolute Gasteiger partial charge is 0.270 e. The number of hydrogen-bond donors (Lipinski definition) is 0. The fraction of sp³-hybridized carbons (Fsp3) is 0.176. The Morgan fingerprint density at radius 1 is 1.20 bits per heavy atom. The van der Waals surface area contributed by atoms with Gasteiger partial charge in [0.1, 0.15) is 17.4 Å². The molecule has 0 N–H and O–H groups in total. The molecule has 1 aromatic heterocycles. The van der Waals surface area contributed by atoms with Crippen LogP contribution < -0.4 is 9.64 Å². The number of ether oxygens (including phenoxy) is 1. The predicted octanol–water partition coefficient (Wildman–Crippen LogP) is 4.05. The van der Waals surface area contributed by atoms with Crippen LogP contribution in [0, 0.1) is 10.1 Å². The molecule has 0 spiro atoms. The summed E-state index contributed by atoms with van der Waals surface area (Å²) in [4.78, 5) is 21.3. The fourth-order valence-corrected chi connectivity index (χ4v) is 2.62. The molecule has 0 unspecified atom stereocenters. The molecule has 2 aromatic carbocycles. The lowest BCUT2D eigenvalue weighted by molar-refractivity contribution is -0.384. The highest BCUT2D eigenvalue weighted by atomic mass is 35.5. The number of nitrogens with zero attached hydrogens (tertiary/aromatic N) is 4. The molecule has 0 saturated heterocycles. The lowest BCUT2D eigenvalue weighted by atomic mass is 10.2. The van der Waals surface area contributed by atoms with E-state index in [-0.39, 0.29) is 11.6 Å². The van der Waals surface area contributed by atoms with Crippen LogP contribution in [-0.4, -0.2) is 29.0 Å². The van der Waals surface area contributed by atoms with Crippen LogP contribution >= 0.6 is 11.6 Å². The summed E-state index contributed by atoms with van der Waals surface area (Å²) in [6.07, 6.45) is 0. The Kier molecular flexibility index (Phi) is 4.67. The minimum absolute atomic E-state index is 0.0147. The molecule has 7 nitrogen and oxygen atoms in total. The van der Waals surface area contributed by atoms with Crippen molar-refractivity contribution in [2.24, 2.45) is 0 Å². The molecule has 0 radical (unpaired) electrons. The molecule has 0 atom stereocenters. The zero-order valence-corrected chi connectivity index (χ0v) is 14.4. The third-order valence-corrected chi connectivity index (χ3v) is 4.05. The van der Waals surface area contributed by atoms with Crippen LogP contribution in [0.15, 0.2) is 42.5 Å². The van der Waals surface area contributed by atoms with Gasteiger partial charge in [-0.25, -0.2) is 9.97 Å². The average Bonchev–Trinajstić information content (AvgIpc) is 2.66. The number of aromatic nitrogens is 2. The van der Waals surface area contributed by atoms with Crippen LogP contribution in [0.4, 0.5) is 17.2 Å². The van der Waals surface area contributed by atoms with E-state index in [1.807, 2.05) is 36.2 Å². The number of hydrogen-bond acceptors (Lipinski definition) is 6. The second kappa shape index (κ2) is 6.90. The Labute approximate surface area is 149 Å². The molecule has 0 bridgehead atoms. The SMILES string of the molecule is COc1ccc(N(C)c2nc(CCl)nc3ccc([N+](=O)[O-])cc23)cc1. The summed E-state index contributed by atoms with van der Waals surface area (Å²) in [5, 5.41) is 11.7. The standard InChI is InChI=1S/C17H15ClN4O3/c1-21(11-3-6-13(25-2)7-4-11)17-14-9-12(22(23)24)5-8-15(14)19-16(10-18)20-17/h3-9H,10H2,1-2H3. The highest BCUT2D eigenvalue weighted by Crippen LogP contribution is 2.32. The monoisotopic (exact) mass is 358 g/mol.